The highest BCUT2D eigenvalue weighted by Gasteiger charge is 2.30. The lowest BCUT2D eigenvalue weighted by molar-refractivity contribution is -0.144. The lowest BCUT2D eigenvalue weighted by Crippen LogP contribution is -2.45. The molecule has 2 aromatic rings. The van der Waals surface area contributed by atoms with E-state index >= 15 is 0 Å². The fourth-order valence-electron chi connectivity index (χ4n) is 3.83. The number of alkyl carbamates (subject to hydrolysis) is 1. The maximum Gasteiger partial charge on any atom is 0.408 e. The Morgan fingerprint density at radius 2 is 1.33 bits per heavy atom. The van der Waals surface area contributed by atoms with Gasteiger partial charge in [-0.25, -0.2) is 9.59 Å². The van der Waals surface area contributed by atoms with Gasteiger partial charge in [0.05, 0.1) is 30.4 Å². The van der Waals surface area contributed by atoms with Crippen LogP contribution >= 0.6 is 0 Å². The van der Waals surface area contributed by atoms with Crippen LogP contribution in [-0.4, -0.2) is 70.7 Å². The third-order valence-electron chi connectivity index (χ3n) is 6.03. The number of azo groups is 1. The van der Waals surface area contributed by atoms with Gasteiger partial charge in [0.15, 0.2) is 0 Å². The zero-order valence-corrected chi connectivity index (χ0v) is 25.7. The number of benzene rings is 2. The van der Waals surface area contributed by atoms with E-state index in [9.17, 15) is 39.0 Å². The molecule has 0 aliphatic carbocycles. The minimum atomic E-state index is -1.50. The second-order valence-corrected chi connectivity index (χ2v) is 11.1. The number of nitrogens with zero attached hydrogens (tertiary/aromatic N) is 2. The molecule has 1 unspecified atom stereocenters. The van der Waals surface area contributed by atoms with Crippen molar-refractivity contribution in [2.24, 2.45) is 21.9 Å². The number of nitrogens with two attached hydrogens (primary N) is 1. The average molecular weight is 642 g/mol. The van der Waals surface area contributed by atoms with Gasteiger partial charge >= 0.3 is 18.0 Å². The zero-order valence-electron chi connectivity index (χ0n) is 25.7. The standard InChI is InChI=1S/C30H39N7O9/c1-30(2,3)46-29(45)35-23(28(43)44)15-18(27(41)42)5-4-6-24(38)32-17-26(40)34-20-9-13-22(14-10-20)37-36-21-11-7-19(8-12-21)33-25(39)16-31/h7-14,18,23H,4-6,15-17,31H2,1-3H3,(H,32,38)(H,33,39)(H,34,40)(H,35,45)(H,41,42)(H,43,44)/b37-36+/t18?,23-/m0/s1. The lowest BCUT2D eigenvalue weighted by Gasteiger charge is -2.23. The van der Waals surface area contributed by atoms with Crippen LogP contribution in [0.5, 0.6) is 0 Å². The SMILES string of the molecule is CC(C)(C)OC(=O)N[C@@H](CC(CCCC(=O)NCC(=O)Nc1ccc(/N=N/c2ccc(NC(=O)CN)cc2)cc1)C(=O)O)C(=O)O. The van der Waals surface area contributed by atoms with E-state index in [1.807, 2.05) is 0 Å². The van der Waals surface area contributed by atoms with Crippen LogP contribution in [0, 0.1) is 5.92 Å². The summed E-state index contributed by atoms with van der Waals surface area (Å²) in [6.07, 6.45) is -1.42. The number of nitrogens with one attached hydrogen (secondary N) is 4. The molecule has 0 radical (unpaired) electrons. The number of carboxylic acid groups (broad SMARTS) is 2. The maximum absolute atomic E-state index is 12.3. The number of carbonyl (C=O) groups is 6. The van der Waals surface area contributed by atoms with Gasteiger partial charge in [-0.15, -0.1) is 0 Å². The Balaban J connectivity index is 1.76. The number of hydrogen-bond donors (Lipinski definition) is 7. The highest BCUT2D eigenvalue weighted by molar-refractivity contribution is 5.94. The second-order valence-electron chi connectivity index (χ2n) is 11.1. The monoisotopic (exact) mass is 641 g/mol. The first-order valence-electron chi connectivity index (χ1n) is 14.3. The smallest absolute Gasteiger partial charge is 0.408 e. The number of aliphatic carboxylic acids is 2. The minimum Gasteiger partial charge on any atom is -0.481 e. The molecule has 46 heavy (non-hydrogen) atoms. The van der Waals surface area contributed by atoms with E-state index in [1.54, 1.807) is 69.3 Å². The largest absolute Gasteiger partial charge is 0.481 e. The summed E-state index contributed by atoms with van der Waals surface area (Å²) < 4.78 is 5.03. The van der Waals surface area contributed by atoms with E-state index in [4.69, 9.17) is 10.5 Å². The van der Waals surface area contributed by atoms with E-state index in [2.05, 4.69) is 31.5 Å². The van der Waals surface area contributed by atoms with E-state index < -0.39 is 53.8 Å². The first-order valence-corrected chi connectivity index (χ1v) is 14.3. The minimum absolute atomic E-state index is 0.0310. The van der Waals surface area contributed by atoms with Crippen LogP contribution in [0.1, 0.15) is 46.5 Å². The summed E-state index contributed by atoms with van der Waals surface area (Å²) in [5.41, 5.74) is 6.50. The van der Waals surface area contributed by atoms with Gasteiger partial charge < -0.3 is 42.0 Å². The Morgan fingerprint density at radius 1 is 0.804 bits per heavy atom. The van der Waals surface area contributed by atoms with Crippen molar-refractivity contribution in [1.29, 1.82) is 0 Å². The predicted molar refractivity (Wildman–Crippen MR) is 167 cm³/mol. The van der Waals surface area contributed by atoms with Crippen LogP contribution in [-0.2, 0) is 28.7 Å². The van der Waals surface area contributed by atoms with Crippen molar-refractivity contribution in [3.63, 3.8) is 0 Å². The normalized spacial score (nSPS) is 12.4. The number of ether oxygens (including phenoxy) is 1. The maximum atomic E-state index is 12.3. The Hall–Kier alpha value is -5.38. The fraction of sp³-hybridized carbons (Fsp3) is 0.400. The quantitative estimate of drug-likeness (QED) is 0.132. The molecule has 0 aliphatic heterocycles. The Kier molecular flexibility index (Phi) is 14.2. The summed E-state index contributed by atoms with van der Waals surface area (Å²) in [4.78, 5) is 71.1. The molecule has 0 fully saturated rings. The third-order valence-corrected chi connectivity index (χ3v) is 6.03. The van der Waals surface area contributed by atoms with Gasteiger partial charge in [0.2, 0.25) is 17.7 Å². The zero-order chi connectivity index (χ0) is 34.3. The van der Waals surface area contributed by atoms with Gasteiger partial charge in [-0.05, 0) is 88.6 Å². The van der Waals surface area contributed by atoms with Crippen LogP contribution in [0.15, 0.2) is 58.8 Å². The molecular weight excluding hydrogens is 602 g/mol. The molecule has 0 heterocycles. The Bertz CT molecular complexity index is 1410. The van der Waals surface area contributed by atoms with Gasteiger partial charge in [-0.1, -0.05) is 0 Å². The van der Waals surface area contributed by atoms with Crippen molar-refractivity contribution in [2.45, 2.75) is 58.1 Å². The molecule has 0 spiro atoms. The van der Waals surface area contributed by atoms with Crippen LogP contribution in [0.25, 0.3) is 0 Å². The molecule has 16 nitrogen and oxygen atoms in total. The molecule has 0 aliphatic rings. The first kappa shape index (κ1) is 36.8. The van der Waals surface area contributed by atoms with E-state index in [0.29, 0.717) is 22.7 Å². The van der Waals surface area contributed by atoms with Gasteiger partial charge in [-0.2, -0.15) is 10.2 Å². The number of amides is 4. The highest BCUT2D eigenvalue weighted by Crippen LogP contribution is 2.22. The molecule has 0 aromatic heterocycles. The predicted octanol–water partition coefficient (Wildman–Crippen LogP) is 3.29. The summed E-state index contributed by atoms with van der Waals surface area (Å²) in [6.45, 7) is 4.35. The molecule has 8 N–H and O–H groups in total. The highest BCUT2D eigenvalue weighted by atomic mass is 16.6. The number of hydrogen-bond acceptors (Lipinski definition) is 10. The molecule has 0 bridgehead atoms. The third kappa shape index (κ3) is 14.4. The Morgan fingerprint density at radius 3 is 1.78 bits per heavy atom. The number of anilines is 2. The van der Waals surface area contributed by atoms with Gasteiger partial charge in [-0.3, -0.25) is 19.2 Å². The van der Waals surface area contributed by atoms with E-state index in [1.165, 1.54) is 0 Å². The van der Waals surface area contributed by atoms with Crippen molar-refractivity contribution < 1.29 is 43.7 Å². The summed E-state index contributed by atoms with van der Waals surface area (Å²) in [5, 5.41) is 37.1. The summed E-state index contributed by atoms with van der Waals surface area (Å²) in [7, 11) is 0. The average Bonchev–Trinajstić information content (AvgIpc) is 2.98. The van der Waals surface area contributed by atoms with Crippen LogP contribution in [0.3, 0.4) is 0 Å². The summed E-state index contributed by atoms with van der Waals surface area (Å²) >= 11 is 0. The molecule has 0 saturated carbocycles. The van der Waals surface area contributed by atoms with E-state index in [-0.39, 0.29) is 38.3 Å². The van der Waals surface area contributed by atoms with Crippen LogP contribution in [0.4, 0.5) is 27.5 Å². The molecule has 16 heteroatoms. The summed E-state index contributed by atoms with van der Waals surface area (Å²) in [6, 6.07) is 11.6. The molecule has 2 aromatic carbocycles. The topological polar surface area (TPSA) is 251 Å². The van der Waals surface area contributed by atoms with E-state index in [0.717, 1.165) is 0 Å². The lowest BCUT2D eigenvalue weighted by atomic mass is 9.94. The van der Waals surface area contributed by atoms with Gasteiger partial charge in [0, 0.05) is 17.8 Å². The van der Waals surface area contributed by atoms with Gasteiger partial charge in [0.25, 0.3) is 0 Å². The van der Waals surface area contributed by atoms with Crippen LogP contribution < -0.4 is 27.0 Å². The van der Waals surface area contributed by atoms with Crippen molar-refractivity contribution >= 4 is 58.5 Å². The van der Waals surface area contributed by atoms with Crippen molar-refractivity contribution in [3.05, 3.63) is 48.5 Å². The number of carbonyl (C=O) groups excluding carboxylic acids is 4. The van der Waals surface area contributed by atoms with Crippen molar-refractivity contribution in [2.75, 3.05) is 23.7 Å². The molecule has 2 atom stereocenters. The molecule has 0 saturated heterocycles. The number of carboxylic acids is 2. The van der Waals surface area contributed by atoms with Crippen molar-refractivity contribution in [3.8, 4) is 0 Å². The number of rotatable bonds is 16. The Labute approximate surface area is 265 Å². The van der Waals surface area contributed by atoms with Crippen molar-refractivity contribution in [1.82, 2.24) is 10.6 Å². The van der Waals surface area contributed by atoms with Crippen LogP contribution in [0.2, 0.25) is 0 Å². The second kappa shape index (κ2) is 17.8. The summed E-state index contributed by atoms with van der Waals surface area (Å²) in [5.74, 6) is -5.14. The molecule has 248 valence electrons. The van der Waals surface area contributed by atoms with Gasteiger partial charge in [0.1, 0.15) is 11.6 Å². The fourth-order valence-corrected chi connectivity index (χ4v) is 3.83. The molecular formula is C30H39N7O9. The molecule has 2 rings (SSSR count). The first-order chi connectivity index (χ1) is 21.6. The molecule has 4 amide bonds.